The molecule has 1 saturated heterocycles. The molecule has 0 saturated carbocycles. The van der Waals surface area contributed by atoms with Crippen molar-refractivity contribution in [1.29, 1.82) is 0 Å². The summed E-state index contributed by atoms with van der Waals surface area (Å²) in [5.41, 5.74) is -0.583. The average Bonchev–Trinajstić information content (AvgIpc) is 2.18. The minimum Gasteiger partial charge on any atom is -0.481 e. The monoisotopic (exact) mass is 281 g/mol. The van der Waals surface area contributed by atoms with E-state index in [0.717, 1.165) is 26.1 Å². The van der Waals surface area contributed by atoms with Crippen molar-refractivity contribution in [3.05, 3.63) is 6.92 Å². The zero-order valence-corrected chi connectivity index (χ0v) is 13.5. The second-order valence-electron chi connectivity index (χ2n) is 4.37. The summed E-state index contributed by atoms with van der Waals surface area (Å²) in [4.78, 5) is 10.0. The first-order valence-corrected chi connectivity index (χ1v) is 5.13. The first-order valence-electron chi connectivity index (χ1n) is 5.13. The molecule has 0 atom stereocenters. The van der Waals surface area contributed by atoms with E-state index in [4.69, 9.17) is 14.6 Å². The van der Waals surface area contributed by atoms with Crippen molar-refractivity contribution in [2.24, 2.45) is 5.41 Å². The maximum absolute atomic E-state index is 10.0. The Morgan fingerprint density at radius 2 is 1.75 bits per heavy atom. The van der Waals surface area contributed by atoms with Crippen LogP contribution in [0.2, 0.25) is 0 Å². The van der Waals surface area contributed by atoms with Crippen LogP contribution in [-0.4, -0.2) is 30.6 Å². The number of carbonyl (C=O) groups is 1. The summed E-state index contributed by atoms with van der Waals surface area (Å²) < 4.78 is 10.3. The van der Waals surface area contributed by atoms with E-state index in [2.05, 4.69) is 6.92 Å². The van der Waals surface area contributed by atoms with Crippen LogP contribution in [0.3, 0.4) is 0 Å². The molecule has 1 heterocycles. The van der Waals surface area contributed by atoms with Gasteiger partial charge in [0.25, 0.3) is 0 Å². The third-order valence-corrected chi connectivity index (χ3v) is 1.77. The number of rotatable bonds is 1. The van der Waals surface area contributed by atoms with E-state index < -0.39 is 11.4 Å². The van der Waals surface area contributed by atoms with Crippen molar-refractivity contribution in [2.45, 2.75) is 39.9 Å². The van der Waals surface area contributed by atoms with Gasteiger partial charge in [-0.3, -0.25) is 4.79 Å². The largest absolute Gasteiger partial charge is 0.481 e. The van der Waals surface area contributed by atoms with Crippen molar-refractivity contribution in [2.75, 3.05) is 13.2 Å². The number of aliphatic carboxylic acids is 1. The van der Waals surface area contributed by atoms with Gasteiger partial charge in [0.2, 0.25) is 0 Å². The summed E-state index contributed by atoms with van der Waals surface area (Å²) in [6, 6.07) is 0. The molecule has 0 spiro atoms. The van der Waals surface area contributed by atoms with Crippen LogP contribution < -0.4 is 0 Å². The van der Waals surface area contributed by atoms with Crippen LogP contribution in [0, 0.1) is 12.3 Å². The Morgan fingerprint density at radius 1 is 1.38 bits per heavy atom. The van der Waals surface area contributed by atoms with Crippen molar-refractivity contribution < 1.29 is 38.9 Å². The Morgan fingerprint density at radius 3 is 1.94 bits per heavy atom. The molecule has 16 heavy (non-hydrogen) atoms. The van der Waals surface area contributed by atoms with Crippen LogP contribution in [0.4, 0.5) is 0 Å². The molecule has 4 nitrogen and oxygen atoms in total. The van der Waals surface area contributed by atoms with Crippen molar-refractivity contribution in [3.8, 4) is 0 Å². The fourth-order valence-electron chi connectivity index (χ4n) is 0.703. The quantitative estimate of drug-likeness (QED) is 0.591. The van der Waals surface area contributed by atoms with Gasteiger partial charge in [-0.2, -0.15) is 0 Å². The molecular weight excluding hydrogens is 262 g/mol. The number of hydrogen-bond donors (Lipinski definition) is 1. The topological polar surface area (TPSA) is 55.8 Å². The molecule has 0 aliphatic carbocycles. The third kappa shape index (κ3) is 9.25. The Labute approximate surface area is 110 Å². The number of ether oxygens (including phenoxy) is 2. The third-order valence-electron chi connectivity index (χ3n) is 1.77. The molecule has 0 radical (unpaired) electrons. The Kier molecular flexibility index (Phi) is 10.4. The van der Waals surface area contributed by atoms with Gasteiger partial charge in [0.15, 0.2) is 0 Å². The number of hydrogen-bond acceptors (Lipinski definition) is 3. The predicted octanol–water partition coefficient (Wildman–Crippen LogP) is 2.09. The van der Waals surface area contributed by atoms with Crippen molar-refractivity contribution >= 4 is 5.97 Å². The molecular formula is C11H21O4Zn-. The molecule has 1 aliphatic rings. The first-order chi connectivity index (χ1) is 6.88. The van der Waals surface area contributed by atoms with Gasteiger partial charge in [0, 0.05) is 19.5 Å². The smallest absolute Gasteiger partial charge is 0.308 e. The van der Waals surface area contributed by atoms with Crippen LogP contribution in [0.25, 0.3) is 0 Å². The van der Waals surface area contributed by atoms with E-state index >= 15 is 0 Å². The number of carboxylic acid groups (broad SMARTS) is 1. The Balaban J connectivity index is 0. The normalized spacial score (nSPS) is 16.8. The van der Waals surface area contributed by atoms with Crippen LogP contribution in [0.1, 0.15) is 33.6 Å². The SMILES string of the molecule is CC(C)(C)C(=O)O.[CH2-]CC1OCCCO1.[Zn]. The summed E-state index contributed by atoms with van der Waals surface area (Å²) in [7, 11) is 0. The van der Waals surface area contributed by atoms with Gasteiger partial charge in [0.1, 0.15) is 6.29 Å². The second-order valence-corrected chi connectivity index (χ2v) is 4.37. The average molecular weight is 283 g/mol. The van der Waals surface area contributed by atoms with Crippen molar-refractivity contribution in [1.82, 2.24) is 0 Å². The van der Waals surface area contributed by atoms with Gasteiger partial charge in [-0.05, 0) is 27.2 Å². The van der Waals surface area contributed by atoms with Gasteiger partial charge < -0.3 is 21.5 Å². The van der Waals surface area contributed by atoms with E-state index in [1.807, 2.05) is 0 Å². The van der Waals surface area contributed by atoms with E-state index in [0.29, 0.717) is 0 Å². The minimum atomic E-state index is -0.757. The van der Waals surface area contributed by atoms with Gasteiger partial charge in [0.05, 0.1) is 18.6 Å². The van der Waals surface area contributed by atoms with Gasteiger partial charge in [-0.15, -0.1) is 6.42 Å². The van der Waals surface area contributed by atoms with E-state index in [1.165, 1.54) is 0 Å². The summed E-state index contributed by atoms with van der Waals surface area (Å²) in [6.07, 6.45) is 1.72. The molecule has 5 heteroatoms. The minimum absolute atomic E-state index is 0. The van der Waals surface area contributed by atoms with Gasteiger partial charge in [-0.25, -0.2) is 0 Å². The van der Waals surface area contributed by atoms with E-state index in [1.54, 1.807) is 20.8 Å². The molecule has 0 aromatic heterocycles. The molecule has 0 aromatic rings. The molecule has 1 aliphatic heterocycles. The fourth-order valence-corrected chi connectivity index (χ4v) is 0.703. The van der Waals surface area contributed by atoms with Crippen LogP contribution >= 0.6 is 0 Å². The Hall–Kier alpha value is 0.0134. The van der Waals surface area contributed by atoms with Crippen molar-refractivity contribution in [3.63, 3.8) is 0 Å². The zero-order valence-electron chi connectivity index (χ0n) is 10.5. The molecule has 92 valence electrons. The summed E-state index contributed by atoms with van der Waals surface area (Å²) in [5.74, 6) is -0.757. The number of carboxylic acids is 1. The molecule has 1 rings (SSSR count). The molecule has 0 bridgehead atoms. The first kappa shape index (κ1) is 18.4. The summed E-state index contributed by atoms with van der Waals surface area (Å²) in [5, 5.41) is 8.25. The molecule has 1 fully saturated rings. The van der Waals surface area contributed by atoms with Crippen LogP contribution in [0.5, 0.6) is 0 Å². The standard InChI is InChI=1S/C6H11O2.C5H10O2.Zn/c1-2-6-7-4-3-5-8-6;1-5(2,3)4(6)7;/h6H,1-5H2;1-3H3,(H,6,7);/q-1;;. The predicted molar refractivity (Wildman–Crippen MR) is 57.4 cm³/mol. The molecule has 0 amide bonds. The molecule has 1 N–H and O–H groups in total. The van der Waals surface area contributed by atoms with E-state index in [9.17, 15) is 4.79 Å². The summed E-state index contributed by atoms with van der Waals surface area (Å²) in [6.45, 7) is 10.3. The Bertz CT molecular complexity index is 183. The van der Waals surface area contributed by atoms with Crippen LogP contribution in [0.15, 0.2) is 0 Å². The fraction of sp³-hybridized carbons (Fsp3) is 0.818. The maximum Gasteiger partial charge on any atom is 0.308 e. The molecule has 0 unspecified atom stereocenters. The zero-order chi connectivity index (χ0) is 11.9. The van der Waals surface area contributed by atoms with Gasteiger partial charge >= 0.3 is 5.97 Å². The maximum atomic E-state index is 10.0. The summed E-state index contributed by atoms with van der Waals surface area (Å²) >= 11 is 0. The van der Waals surface area contributed by atoms with E-state index in [-0.39, 0.29) is 25.8 Å². The molecule has 0 aromatic carbocycles. The van der Waals surface area contributed by atoms with Gasteiger partial charge in [-0.1, -0.05) is 0 Å². The van der Waals surface area contributed by atoms with Crippen LogP contribution in [-0.2, 0) is 33.7 Å². The second kappa shape index (κ2) is 9.09.